The molecule has 0 saturated carbocycles. The molecule has 7 aromatic carbocycles. The predicted octanol–water partition coefficient (Wildman–Crippen LogP) is 11.4. The van der Waals surface area contributed by atoms with E-state index in [-0.39, 0.29) is 11.2 Å². The molecule has 1 aliphatic carbocycles. The van der Waals surface area contributed by atoms with Crippen LogP contribution in [0.4, 0.5) is 4.39 Å². The Kier molecular flexibility index (Phi) is 5.46. The third-order valence-corrected chi connectivity index (χ3v) is 9.14. The highest BCUT2D eigenvalue weighted by Gasteiger charge is 2.35. The summed E-state index contributed by atoms with van der Waals surface area (Å²) in [6.07, 6.45) is 0. The smallest absolute Gasteiger partial charge is 0.123 e. The van der Waals surface area contributed by atoms with Gasteiger partial charge in [0.2, 0.25) is 0 Å². The molecule has 0 bridgehead atoms. The lowest BCUT2D eigenvalue weighted by Gasteiger charge is -2.22. The average molecular weight is 541 g/mol. The van der Waals surface area contributed by atoms with Crippen LogP contribution >= 0.6 is 0 Å². The molecule has 0 amide bonds. The topological polar surface area (TPSA) is 0 Å². The molecule has 7 aromatic rings. The van der Waals surface area contributed by atoms with Crippen molar-refractivity contribution < 1.29 is 4.39 Å². The summed E-state index contributed by atoms with van der Waals surface area (Å²) >= 11 is 0. The fourth-order valence-corrected chi connectivity index (χ4v) is 7.10. The van der Waals surface area contributed by atoms with Crippen molar-refractivity contribution in [1.29, 1.82) is 0 Å². The van der Waals surface area contributed by atoms with Gasteiger partial charge < -0.3 is 0 Å². The summed E-state index contributed by atoms with van der Waals surface area (Å²) in [6, 6.07) is 48.8. The van der Waals surface area contributed by atoms with Gasteiger partial charge in [0.1, 0.15) is 5.82 Å². The van der Waals surface area contributed by atoms with E-state index in [0.717, 1.165) is 16.5 Å². The number of fused-ring (bicyclic) bond motifs is 5. The van der Waals surface area contributed by atoms with Gasteiger partial charge in [-0.2, -0.15) is 0 Å². The molecule has 0 nitrogen and oxygen atoms in total. The Labute approximate surface area is 245 Å². The van der Waals surface area contributed by atoms with E-state index < -0.39 is 0 Å². The van der Waals surface area contributed by atoms with Crippen LogP contribution in [0.15, 0.2) is 140 Å². The van der Waals surface area contributed by atoms with Crippen molar-refractivity contribution in [3.63, 3.8) is 0 Å². The van der Waals surface area contributed by atoms with E-state index in [0.29, 0.717) is 0 Å². The second kappa shape index (κ2) is 9.26. The molecule has 0 radical (unpaired) electrons. The first-order chi connectivity index (χ1) is 20.5. The third-order valence-electron chi connectivity index (χ3n) is 9.14. The summed E-state index contributed by atoms with van der Waals surface area (Å²) in [6.45, 7) is 4.65. The molecule has 200 valence electrons. The second-order valence-electron chi connectivity index (χ2n) is 11.9. The van der Waals surface area contributed by atoms with Crippen LogP contribution in [0.3, 0.4) is 0 Å². The largest absolute Gasteiger partial charge is 0.207 e. The Balaban J connectivity index is 1.49. The minimum absolute atomic E-state index is 0.0402. The quantitative estimate of drug-likeness (QED) is 0.196. The van der Waals surface area contributed by atoms with Crippen LogP contribution in [-0.4, -0.2) is 0 Å². The van der Waals surface area contributed by atoms with Gasteiger partial charge in [-0.1, -0.05) is 129 Å². The molecule has 8 rings (SSSR count). The first kappa shape index (κ1) is 24.8. The molecule has 0 saturated heterocycles. The van der Waals surface area contributed by atoms with E-state index in [2.05, 4.69) is 129 Å². The van der Waals surface area contributed by atoms with E-state index in [9.17, 15) is 4.39 Å². The molecule has 0 N–H and O–H groups in total. The van der Waals surface area contributed by atoms with E-state index in [1.807, 2.05) is 12.1 Å². The van der Waals surface area contributed by atoms with Crippen molar-refractivity contribution in [2.75, 3.05) is 0 Å². The predicted molar refractivity (Wildman–Crippen MR) is 175 cm³/mol. The van der Waals surface area contributed by atoms with Crippen molar-refractivity contribution in [3.05, 3.63) is 156 Å². The van der Waals surface area contributed by atoms with Gasteiger partial charge in [-0.15, -0.1) is 0 Å². The Bertz CT molecular complexity index is 2150. The Morgan fingerprint density at radius 1 is 0.405 bits per heavy atom. The average Bonchev–Trinajstić information content (AvgIpc) is 3.26. The molecule has 0 atom stereocenters. The minimum Gasteiger partial charge on any atom is -0.207 e. The Morgan fingerprint density at radius 2 is 0.976 bits per heavy atom. The zero-order valence-electron chi connectivity index (χ0n) is 23.7. The Hall–Kier alpha value is -5.01. The van der Waals surface area contributed by atoms with Gasteiger partial charge in [-0.25, -0.2) is 4.39 Å². The highest BCUT2D eigenvalue weighted by molar-refractivity contribution is 6.22. The lowest BCUT2D eigenvalue weighted by atomic mass is 9.81. The summed E-state index contributed by atoms with van der Waals surface area (Å²) in [5.74, 6) is -0.225. The van der Waals surface area contributed by atoms with Crippen LogP contribution in [-0.2, 0) is 5.41 Å². The molecule has 0 spiro atoms. The molecule has 0 heterocycles. The van der Waals surface area contributed by atoms with Crippen LogP contribution < -0.4 is 0 Å². The first-order valence-corrected chi connectivity index (χ1v) is 14.6. The van der Waals surface area contributed by atoms with Crippen molar-refractivity contribution in [2.45, 2.75) is 19.3 Å². The van der Waals surface area contributed by atoms with Gasteiger partial charge in [-0.05, 0) is 101 Å². The van der Waals surface area contributed by atoms with Gasteiger partial charge in [-0.3, -0.25) is 0 Å². The maximum atomic E-state index is 14.0. The summed E-state index contributed by atoms with van der Waals surface area (Å²) < 4.78 is 14.0. The highest BCUT2D eigenvalue weighted by Crippen LogP contribution is 2.51. The van der Waals surface area contributed by atoms with Gasteiger partial charge in [0.15, 0.2) is 0 Å². The van der Waals surface area contributed by atoms with Crippen LogP contribution in [0.1, 0.15) is 25.0 Å². The second-order valence-corrected chi connectivity index (χ2v) is 11.9. The molecular formula is C41H29F. The van der Waals surface area contributed by atoms with Crippen LogP contribution in [0.2, 0.25) is 0 Å². The SMILES string of the molecule is CC1(C)c2ccccc2-c2cc(-c3c4ccccc4c(-c4ccc(F)cc4)c4ccc(-c5ccccc5)cc34)ccc21. The summed E-state index contributed by atoms with van der Waals surface area (Å²) in [7, 11) is 0. The van der Waals surface area contributed by atoms with Crippen LogP contribution in [0, 0.1) is 5.82 Å². The molecule has 0 aromatic heterocycles. The number of hydrogen-bond donors (Lipinski definition) is 0. The van der Waals surface area contributed by atoms with Gasteiger partial charge >= 0.3 is 0 Å². The zero-order valence-corrected chi connectivity index (χ0v) is 23.7. The van der Waals surface area contributed by atoms with Gasteiger partial charge in [0, 0.05) is 5.41 Å². The van der Waals surface area contributed by atoms with E-state index in [1.165, 1.54) is 60.7 Å². The van der Waals surface area contributed by atoms with Crippen LogP contribution in [0.5, 0.6) is 0 Å². The molecule has 0 aliphatic heterocycles. The normalized spacial score (nSPS) is 13.3. The van der Waals surface area contributed by atoms with Crippen molar-refractivity contribution in [3.8, 4) is 44.5 Å². The van der Waals surface area contributed by atoms with Gasteiger partial charge in [0.05, 0.1) is 0 Å². The maximum absolute atomic E-state index is 14.0. The van der Waals surface area contributed by atoms with Crippen LogP contribution in [0.25, 0.3) is 66.1 Å². The minimum atomic E-state index is -0.225. The van der Waals surface area contributed by atoms with Crippen molar-refractivity contribution in [1.82, 2.24) is 0 Å². The molecular weight excluding hydrogens is 511 g/mol. The summed E-state index contributed by atoms with van der Waals surface area (Å²) in [4.78, 5) is 0. The standard InChI is InChI=1S/C41H29F/c1-41(2)37-15-9-8-12-31(37)35-25-29(19-23-38(35)41)40-33-14-7-6-13-32(33)39(27-16-20-30(42)21-17-27)34-22-18-28(24-36(34)40)26-10-4-3-5-11-26/h3-25H,1-2H3. The lowest BCUT2D eigenvalue weighted by Crippen LogP contribution is -2.14. The van der Waals surface area contributed by atoms with Gasteiger partial charge in [0.25, 0.3) is 0 Å². The first-order valence-electron chi connectivity index (χ1n) is 14.6. The Morgan fingerprint density at radius 3 is 1.74 bits per heavy atom. The molecule has 0 fully saturated rings. The van der Waals surface area contributed by atoms with Crippen molar-refractivity contribution >= 4 is 21.5 Å². The maximum Gasteiger partial charge on any atom is 0.123 e. The van der Waals surface area contributed by atoms with E-state index in [4.69, 9.17) is 0 Å². The zero-order chi connectivity index (χ0) is 28.4. The third kappa shape index (κ3) is 3.67. The summed E-state index contributed by atoms with van der Waals surface area (Å²) in [5.41, 5.74) is 12.3. The number of hydrogen-bond acceptors (Lipinski definition) is 0. The van der Waals surface area contributed by atoms with E-state index >= 15 is 0 Å². The highest BCUT2D eigenvalue weighted by atomic mass is 19.1. The van der Waals surface area contributed by atoms with E-state index in [1.54, 1.807) is 12.1 Å². The molecule has 1 aliphatic rings. The van der Waals surface area contributed by atoms with Crippen molar-refractivity contribution in [2.24, 2.45) is 0 Å². The fraction of sp³-hybridized carbons (Fsp3) is 0.0732. The number of rotatable bonds is 3. The number of halogens is 1. The number of benzene rings is 7. The molecule has 1 heteroatoms. The molecule has 42 heavy (non-hydrogen) atoms. The summed E-state index contributed by atoms with van der Waals surface area (Å²) in [5, 5.41) is 4.72. The molecule has 0 unspecified atom stereocenters. The lowest BCUT2D eigenvalue weighted by molar-refractivity contribution is 0.628. The fourth-order valence-electron chi connectivity index (χ4n) is 7.10. The monoisotopic (exact) mass is 540 g/mol.